The molecular formula is C12H10BrCl2NO2. The van der Waals surface area contributed by atoms with Crippen LogP contribution in [-0.2, 0) is 4.79 Å². The summed E-state index contributed by atoms with van der Waals surface area (Å²) in [6.07, 6.45) is 0. The maximum absolute atomic E-state index is 12.0. The minimum atomic E-state index is -0.584. The van der Waals surface area contributed by atoms with Crippen molar-refractivity contribution in [2.24, 2.45) is 5.92 Å². The summed E-state index contributed by atoms with van der Waals surface area (Å²) in [4.78, 5) is 25.3. The molecule has 0 saturated heterocycles. The van der Waals surface area contributed by atoms with Gasteiger partial charge in [0.1, 0.15) is 0 Å². The number of hydrogen-bond acceptors (Lipinski definition) is 2. The van der Waals surface area contributed by atoms with Gasteiger partial charge < -0.3 is 4.90 Å². The van der Waals surface area contributed by atoms with Crippen LogP contribution in [0.3, 0.4) is 0 Å². The molecule has 1 atom stereocenters. The average molecular weight is 351 g/mol. The van der Waals surface area contributed by atoms with E-state index in [9.17, 15) is 9.59 Å². The summed E-state index contributed by atoms with van der Waals surface area (Å²) in [5, 5.41) is 1.37. The lowest BCUT2D eigenvalue weighted by atomic mass is 10.1. The van der Waals surface area contributed by atoms with Crippen LogP contribution in [0.1, 0.15) is 17.3 Å². The molecule has 0 aromatic heterocycles. The van der Waals surface area contributed by atoms with Crippen LogP contribution in [0.15, 0.2) is 12.1 Å². The third kappa shape index (κ3) is 2.17. The predicted octanol–water partition coefficient (Wildman–Crippen LogP) is 3.55. The van der Waals surface area contributed by atoms with Gasteiger partial charge in [-0.1, -0.05) is 46.1 Å². The molecule has 1 amide bonds. The number of alkyl halides is 1. The molecule has 1 heterocycles. The number of carbonyl (C=O) groups excluding carboxylic acids is 2. The summed E-state index contributed by atoms with van der Waals surface area (Å²) >= 11 is 15.4. The Labute approximate surface area is 123 Å². The van der Waals surface area contributed by atoms with Crippen LogP contribution in [0.4, 0.5) is 5.69 Å². The summed E-state index contributed by atoms with van der Waals surface area (Å²) in [6.45, 7) is 2.41. The molecule has 96 valence electrons. The molecule has 0 N–H and O–H groups in total. The normalized spacial score (nSPS) is 16.1. The predicted molar refractivity (Wildman–Crippen MR) is 76.1 cm³/mol. The molecule has 1 aromatic rings. The molecule has 0 aliphatic carbocycles. The number of amides is 1. The van der Waals surface area contributed by atoms with Crippen molar-refractivity contribution >= 4 is 56.5 Å². The van der Waals surface area contributed by atoms with Gasteiger partial charge in [-0.3, -0.25) is 9.59 Å². The largest absolute Gasteiger partial charge is 0.303 e. The summed E-state index contributed by atoms with van der Waals surface area (Å²) in [7, 11) is 0. The van der Waals surface area contributed by atoms with Crippen molar-refractivity contribution in [3.8, 4) is 0 Å². The monoisotopic (exact) mass is 349 g/mol. The number of anilines is 1. The summed E-state index contributed by atoms with van der Waals surface area (Å²) < 4.78 is 0. The highest BCUT2D eigenvalue weighted by atomic mass is 79.9. The summed E-state index contributed by atoms with van der Waals surface area (Å²) in [5.41, 5.74) is 0.655. The smallest absolute Gasteiger partial charge is 0.299 e. The Morgan fingerprint density at radius 3 is 2.50 bits per heavy atom. The van der Waals surface area contributed by atoms with E-state index in [1.54, 1.807) is 6.07 Å². The van der Waals surface area contributed by atoms with Crippen LogP contribution < -0.4 is 4.90 Å². The molecular weight excluding hydrogens is 341 g/mol. The van der Waals surface area contributed by atoms with Crippen molar-refractivity contribution in [3.05, 3.63) is 27.7 Å². The molecule has 0 radical (unpaired) electrons. The number of Topliss-reactive ketones (excluding diaryl/α,β-unsaturated/α-hetero) is 1. The summed E-state index contributed by atoms with van der Waals surface area (Å²) in [6, 6.07) is 3.13. The molecule has 1 aromatic carbocycles. The highest BCUT2D eigenvalue weighted by Gasteiger charge is 2.39. The second-order valence-corrected chi connectivity index (χ2v) is 5.72. The minimum absolute atomic E-state index is 0.211. The van der Waals surface area contributed by atoms with Crippen molar-refractivity contribution in [1.29, 1.82) is 0 Å². The fourth-order valence-corrected chi connectivity index (χ4v) is 2.59. The minimum Gasteiger partial charge on any atom is -0.303 e. The molecule has 0 spiro atoms. The molecule has 2 rings (SSSR count). The number of hydrogen-bond donors (Lipinski definition) is 0. The Morgan fingerprint density at radius 2 is 1.89 bits per heavy atom. The number of carbonyl (C=O) groups is 2. The lowest BCUT2D eigenvalue weighted by molar-refractivity contribution is -0.114. The number of benzene rings is 1. The van der Waals surface area contributed by atoms with Crippen LogP contribution in [0, 0.1) is 5.92 Å². The number of ketones is 1. The first-order valence-electron chi connectivity index (χ1n) is 5.37. The first-order chi connectivity index (χ1) is 8.47. The standard InChI is InChI=1S/C12H10BrCl2NO2/c1-6(4-13)5-16-10-8(15)3-2-7(14)9(10)11(17)12(16)18/h2-3,6H,4-5H2,1H3. The number of halogens is 3. The van der Waals surface area contributed by atoms with E-state index in [1.165, 1.54) is 11.0 Å². The average Bonchev–Trinajstić information content (AvgIpc) is 2.60. The second-order valence-electron chi connectivity index (χ2n) is 4.26. The van der Waals surface area contributed by atoms with Gasteiger partial charge in [0, 0.05) is 11.9 Å². The van der Waals surface area contributed by atoms with Gasteiger partial charge in [0.05, 0.1) is 21.3 Å². The topological polar surface area (TPSA) is 37.4 Å². The van der Waals surface area contributed by atoms with Crippen LogP contribution >= 0.6 is 39.1 Å². The molecule has 3 nitrogen and oxygen atoms in total. The third-order valence-corrected chi connectivity index (χ3v) is 4.50. The van der Waals surface area contributed by atoms with Crippen molar-refractivity contribution in [2.45, 2.75) is 6.92 Å². The zero-order chi connectivity index (χ0) is 13.4. The highest BCUT2D eigenvalue weighted by Crippen LogP contribution is 2.40. The SMILES string of the molecule is CC(CBr)CN1C(=O)C(=O)c2c(Cl)ccc(Cl)c21. The van der Waals surface area contributed by atoms with E-state index in [2.05, 4.69) is 15.9 Å². The quantitative estimate of drug-likeness (QED) is 0.617. The molecule has 0 saturated carbocycles. The van der Waals surface area contributed by atoms with Crippen molar-refractivity contribution in [2.75, 3.05) is 16.8 Å². The number of nitrogens with zero attached hydrogens (tertiary/aromatic N) is 1. The van der Waals surface area contributed by atoms with E-state index in [1.807, 2.05) is 6.92 Å². The van der Waals surface area contributed by atoms with E-state index >= 15 is 0 Å². The van der Waals surface area contributed by atoms with Crippen LogP contribution in [0.5, 0.6) is 0 Å². The molecule has 1 aliphatic heterocycles. The van der Waals surface area contributed by atoms with Gasteiger partial charge in [-0.25, -0.2) is 0 Å². The zero-order valence-electron chi connectivity index (χ0n) is 9.54. The van der Waals surface area contributed by atoms with E-state index < -0.39 is 11.7 Å². The molecule has 1 aliphatic rings. The van der Waals surface area contributed by atoms with E-state index in [0.717, 1.165) is 5.33 Å². The third-order valence-electron chi connectivity index (χ3n) is 2.77. The van der Waals surface area contributed by atoms with E-state index in [-0.39, 0.29) is 16.5 Å². The van der Waals surface area contributed by atoms with Gasteiger partial charge in [-0.05, 0) is 18.1 Å². The number of rotatable bonds is 3. The molecule has 0 bridgehead atoms. The Morgan fingerprint density at radius 1 is 1.28 bits per heavy atom. The van der Waals surface area contributed by atoms with Gasteiger partial charge in [0.2, 0.25) is 0 Å². The van der Waals surface area contributed by atoms with Crippen LogP contribution in [0.25, 0.3) is 0 Å². The first kappa shape index (κ1) is 13.8. The Balaban J connectivity index is 2.51. The molecule has 18 heavy (non-hydrogen) atoms. The fourth-order valence-electron chi connectivity index (χ4n) is 1.89. The zero-order valence-corrected chi connectivity index (χ0v) is 12.6. The Bertz CT molecular complexity index is 533. The maximum atomic E-state index is 12.0. The van der Waals surface area contributed by atoms with Gasteiger partial charge in [0.15, 0.2) is 0 Å². The molecule has 0 fully saturated rings. The van der Waals surface area contributed by atoms with Crippen molar-refractivity contribution in [1.82, 2.24) is 0 Å². The van der Waals surface area contributed by atoms with Gasteiger partial charge in [0.25, 0.3) is 11.7 Å². The van der Waals surface area contributed by atoms with Crippen molar-refractivity contribution < 1.29 is 9.59 Å². The maximum Gasteiger partial charge on any atom is 0.299 e. The highest BCUT2D eigenvalue weighted by molar-refractivity contribution is 9.09. The fraction of sp³-hybridized carbons (Fsp3) is 0.333. The molecule has 1 unspecified atom stereocenters. The van der Waals surface area contributed by atoms with Crippen LogP contribution in [-0.4, -0.2) is 23.6 Å². The van der Waals surface area contributed by atoms with Crippen LogP contribution in [0.2, 0.25) is 10.0 Å². The van der Waals surface area contributed by atoms with E-state index in [0.29, 0.717) is 17.3 Å². The Hall–Kier alpha value is -0.580. The summed E-state index contributed by atoms with van der Waals surface area (Å²) in [5.74, 6) is -0.935. The Kier molecular flexibility index (Phi) is 3.99. The van der Waals surface area contributed by atoms with E-state index in [4.69, 9.17) is 23.2 Å². The lowest BCUT2D eigenvalue weighted by Crippen LogP contribution is -2.34. The van der Waals surface area contributed by atoms with Gasteiger partial charge >= 0.3 is 0 Å². The van der Waals surface area contributed by atoms with Crippen molar-refractivity contribution in [3.63, 3.8) is 0 Å². The van der Waals surface area contributed by atoms with Gasteiger partial charge in [-0.15, -0.1) is 0 Å². The second kappa shape index (κ2) is 5.19. The molecule has 6 heteroatoms. The van der Waals surface area contributed by atoms with Gasteiger partial charge in [-0.2, -0.15) is 0 Å². The number of fused-ring (bicyclic) bond motifs is 1. The lowest BCUT2D eigenvalue weighted by Gasteiger charge is -2.20. The first-order valence-corrected chi connectivity index (χ1v) is 7.25.